The normalized spacial score (nSPS) is 16.6. The van der Waals surface area contributed by atoms with Gasteiger partial charge < -0.3 is 10.5 Å². The van der Waals surface area contributed by atoms with Crippen LogP contribution in [0.5, 0.6) is 5.75 Å². The molecule has 3 nitrogen and oxygen atoms in total. The van der Waals surface area contributed by atoms with Gasteiger partial charge in [0.25, 0.3) is 0 Å². The fraction of sp³-hybridized carbons (Fsp3) is 0.0500. The zero-order valence-corrected chi connectivity index (χ0v) is 12.4. The van der Waals surface area contributed by atoms with Gasteiger partial charge in [-0.2, -0.15) is 5.26 Å². The Labute approximate surface area is 134 Å². The van der Waals surface area contributed by atoms with Gasteiger partial charge in [0.05, 0.1) is 5.92 Å². The molecule has 1 aliphatic heterocycles. The Kier molecular flexibility index (Phi) is 3.03. The Morgan fingerprint density at radius 1 is 0.913 bits per heavy atom. The fourth-order valence-corrected chi connectivity index (χ4v) is 3.13. The maximum Gasteiger partial charge on any atom is 0.205 e. The van der Waals surface area contributed by atoms with E-state index in [0.717, 1.165) is 21.9 Å². The Morgan fingerprint density at radius 2 is 1.57 bits per heavy atom. The molecule has 0 aromatic heterocycles. The topological polar surface area (TPSA) is 59.0 Å². The van der Waals surface area contributed by atoms with Crippen molar-refractivity contribution in [3.8, 4) is 11.8 Å². The molecule has 0 radical (unpaired) electrons. The van der Waals surface area contributed by atoms with Crippen molar-refractivity contribution in [3.05, 3.63) is 89.3 Å². The minimum atomic E-state index is -0.199. The summed E-state index contributed by atoms with van der Waals surface area (Å²) in [6, 6.07) is 24.3. The molecule has 1 heterocycles. The number of nitrogens with zero attached hydrogens (tertiary/aromatic N) is 1. The molecule has 1 atom stereocenters. The number of ether oxygens (including phenoxy) is 1. The van der Waals surface area contributed by atoms with Crippen LogP contribution in [-0.4, -0.2) is 0 Å². The van der Waals surface area contributed by atoms with Gasteiger partial charge in [-0.3, -0.25) is 0 Å². The van der Waals surface area contributed by atoms with Crippen molar-refractivity contribution in [2.75, 3.05) is 0 Å². The van der Waals surface area contributed by atoms with E-state index in [-0.39, 0.29) is 11.8 Å². The number of benzene rings is 3. The molecule has 0 fully saturated rings. The molecule has 0 aliphatic carbocycles. The molecular weight excluding hydrogens is 284 g/mol. The highest BCUT2D eigenvalue weighted by molar-refractivity contribution is 5.86. The second-order valence-corrected chi connectivity index (χ2v) is 5.57. The number of hydrogen-bond acceptors (Lipinski definition) is 3. The average Bonchev–Trinajstić information content (AvgIpc) is 2.59. The summed E-state index contributed by atoms with van der Waals surface area (Å²) in [7, 11) is 0. The minimum Gasteiger partial charge on any atom is -0.440 e. The molecular formula is C20H14N2O. The Bertz CT molecular complexity index is 968. The van der Waals surface area contributed by atoms with Crippen molar-refractivity contribution >= 4 is 10.8 Å². The lowest BCUT2D eigenvalue weighted by Crippen LogP contribution is -2.21. The van der Waals surface area contributed by atoms with Crippen LogP contribution in [0.2, 0.25) is 0 Å². The summed E-state index contributed by atoms with van der Waals surface area (Å²) >= 11 is 0. The number of rotatable bonds is 1. The SMILES string of the molecule is N#CC1=C(N)Oc2cc3ccccc3cc2[C@@H]1c1ccccc1. The predicted molar refractivity (Wildman–Crippen MR) is 89.7 cm³/mol. The highest BCUT2D eigenvalue weighted by atomic mass is 16.5. The van der Waals surface area contributed by atoms with Crippen LogP contribution in [0, 0.1) is 11.3 Å². The summed E-state index contributed by atoms with van der Waals surface area (Å²) in [4.78, 5) is 0. The summed E-state index contributed by atoms with van der Waals surface area (Å²) in [6.07, 6.45) is 0. The van der Waals surface area contributed by atoms with Gasteiger partial charge in [-0.25, -0.2) is 0 Å². The third kappa shape index (κ3) is 2.13. The molecule has 0 spiro atoms. The van der Waals surface area contributed by atoms with Gasteiger partial charge in [-0.15, -0.1) is 0 Å². The van der Waals surface area contributed by atoms with Crippen LogP contribution in [0.25, 0.3) is 10.8 Å². The van der Waals surface area contributed by atoms with Crippen molar-refractivity contribution < 1.29 is 4.74 Å². The maximum absolute atomic E-state index is 9.56. The molecule has 2 N–H and O–H groups in total. The molecule has 0 unspecified atom stereocenters. The van der Waals surface area contributed by atoms with E-state index in [9.17, 15) is 5.26 Å². The van der Waals surface area contributed by atoms with E-state index in [1.807, 2.05) is 54.6 Å². The molecule has 1 aliphatic rings. The Morgan fingerprint density at radius 3 is 2.26 bits per heavy atom. The largest absolute Gasteiger partial charge is 0.440 e. The highest BCUT2D eigenvalue weighted by Crippen LogP contribution is 2.43. The van der Waals surface area contributed by atoms with Crippen LogP contribution in [0.4, 0.5) is 0 Å². The molecule has 110 valence electrons. The van der Waals surface area contributed by atoms with Crippen molar-refractivity contribution in [1.82, 2.24) is 0 Å². The molecule has 3 aromatic rings. The molecule has 0 amide bonds. The second kappa shape index (κ2) is 5.19. The van der Waals surface area contributed by atoms with Gasteiger partial charge in [-0.05, 0) is 28.5 Å². The van der Waals surface area contributed by atoms with Crippen LogP contribution in [-0.2, 0) is 0 Å². The lowest BCUT2D eigenvalue weighted by atomic mass is 9.83. The van der Waals surface area contributed by atoms with Crippen LogP contribution in [0.15, 0.2) is 78.2 Å². The number of fused-ring (bicyclic) bond motifs is 2. The quantitative estimate of drug-likeness (QED) is 0.737. The van der Waals surface area contributed by atoms with E-state index in [4.69, 9.17) is 10.5 Å². The lowest BCUT2D eigenvalue weighted by molar-refractivity contribution is 0.394. The van der Waals surface area contributed by atoms with Crippen molar-refractivity contribution in [2.24, 2.45) is 5.73 Å². The molecule has 0 saturated carbocycles. The van der Waals surface area contributed by atoms with Crippen molar-refractivity contribution in [1.29, 1.82) is 5.26 Å². The molecule has 4 rings (SSSR count). The van der Waals surface area contributed by atoms with Crippen LogP contribution >= 0.6 is 0 Å². The fourth-order valence-electron chi connectivity index (χ4n) is 3.13. The maximum atomic E-state index is 9.56. The summed E-state index contributed by atoms with van der Waals surface area (Å²) in [5.74, 6) is 0.702. The van der Waals surface area contributed by atoms with Gasteiger partial charge in [0.1, 0.15) is 17.4 Å². The highest BCUT2D eigenvalue weighted by Gasteiger charge is 2.30. The Balaban J connectivity index is 2.00. The third-order valence-corrected chi connectivity index (χ3v) is 4.22. The molecule has 3 aromatic carbocycles. The van der Waals surface area contributed by atoms with E-state index in [2.05, 4.69) is 18.2 Å². The molecule has 0 saturated heterocycles. The minimum absolute atomic E-state index is 0.184. The summed E-state index contributed by atoms with van der Waals surface area (Å²) in [6.45, 7) is 0. The van der Waals surface area contributed by atoms with Gasteiger partial charge in [0.15, 0.2) is 0 Å². The summed E-state index contributed by atoms with van der Waals surface area (Å²) in [5, 5.41) is 11.8. The van der Waals surface area contributed by atoms with E-state index in [1.54, 1.807) is 0 Å². The van der Waals surface area contributed by atoms with E-state index in [0.29, 0.717) is 11.3 Å². The molecule has 0 bridgehead atoms. The predicted octanol–water partition coefficient (Wildman–Crippen LogP) is 4.06. The van der Waals surface area contributed by atoms with Crippen LogP contribution in [0.3, 0.4) is 0 Å². The zero-order chi connectivity index (χ0) is 15.8. The van der Waals surface area contributed by atoms with Gasteiger partial charge >= 0.3 is 0 Å². The first kappa shape index (κ1) is 13.4. The monoisotopic (exact) mass is 298 g/mol. The van der Waals surface area contributed by atoms with Crippen molar-refractivity contribution in [3.63, 3.8) is 0 Å². The van der Waals surface area contributed by atoms with E-state index >= 15 is 0 Å². The van der Waals surface area contributed by atoms with Crippen LogP contribution in [0.1, 0.15) is 17.0 Å². The lowest BCUT2D eigenvalue weighted by Gasteiger charge is -2.27. The van der Waals surface area contributed by atoms with E-state index < -0.39 is 0 Å². The average molecular weight is 298 g/mol. The smallest absolute Gasteiger partial charge is 0.205 e. The number of allylic oxidation sites excluding steroid dienone is 1. The zero-order valence-electron chi connectivity index (χ0n) is 12.4. The molecule has 3 heteroatoms. The first-order valence-electron chi connectivity index (χ1n) is 7.43. The van der Waals surface area contributed by atoms with Gasteiger partial charge in [-0.1, -0.05) is 54.6 Å². The number of nitriles is 1. The summed E-state index contributed by atoms with van der Waals surface area (Å²) < 4.78 is 5.73. The van der Waals surface area contributed by atoms with E-state index in [1.165, 1.54) is 0 Å². The van der Waals surface area contributed by atoms with Crippen LogP contribution < -0.4 is 10.5 Å². The van der Waals surface area contributed by atoms with Gasteiger partial charge in [0, 0.05) is 5.56 Å². The molecule has 23 heavy (non-hydrogen) atoms. The third-order valence-electron chi connectivity index (χ3n) is 4.22. The second-order valence-electron chi connectivity index (χ2n) is 5.57. The number of nitrogens with two attached hydrogens (primary N) is 1. The Hall–Kier alpha value is -3.25. The van der Waals surface area contributed by atoms with Gasteiger partial charge in [0.2, 0.25) is 5.88 Å². The number of hydrogen-bond donors (Lipinski definition) is 1. The summed E-state index contributed by atoms with van der Waals surface area (Å²) in [5.41, 5.74) is 8.48. The first-order chi connectivity index (χ1) is 11.3. The standard InChI is InChI=1S/C20H14N2O/c21-12-17-19(13-6-2-1-3-7-13)16-10-14-8-4-5-9-15(14)11-18(16)23-20(17)22/h1-11,19H,22H2/t19-/m0/s1. The first-order valence-corrected chi connectivity index (χ1v) is 7.43. The van der Waals surface area contributed by atoms with Crippen molar-refractivity contribution in [2.45, 2.75) is 5.92 Å².